The molecule has 2 aromatic rings. The van der Waals surface area contributed by atoms with Crippen LogP contribution in [0.2, 0.25) is 0 Å². The molecule has 1 aliphatic carbocycles. The number of anilines is 1. The van der Waals surface area contributed by atoms with Crippen LogP contribution in [0.3, 0.4) is 0 Å². The predicted molar refractivity (Wildman–Crippen MR) is 121 cm³/mol. The Balaban J connectivity index is 0.00000261. The zero-order valence-corrected chi connectivity index (χ0v) is 18.3. The van der Waals surface area contributed by atoms with Crippen LogP contribution in [-0.2, 0) is 24.1 Å². The van der Waals surface area contributed by atoms with E-state index in [0.717, 1.165) is 29.0 Å². The third kappa shape index (κ3) is 6.10. The van der Waals surface area contributed by atoms with Crippen molar-refractivity contribution >= 4 is 35.6 Å². The highest BCUT2D eigenvalue weighted by atomic mass is 127. The molecule has 5 nitrogen and oxygen atoms in total. The topological polar surface area (TPSA) is 68.9 Å². The zero-order chi connectivity index (χ0) is 18.4. The fourth-order valence-corrected chi connectivity index (χ4v) is 3.17. The van der Waals surface area contributed by atoms with Crippen molar-refractivity contribution in [2.24, 2.45) is 10.7 Å². The molecule has 0 bridgehead atoms. The standard InChI is InChI=1S/C21H27N3O2.HI/c1-15-6-7-18(20(12-15)26-11-10-25-2)14-23-21(22)24-19-9-8-16-4-3-5-17(16)13-19;/h6-9,12-13H,3-5,10-11,14H2,1-2H3,(H3,22,23,24);1H. The Labute approximate surface area is 178 Å². The number of guanidine groups is 1. The molecular formula is C21H28IN3O2. The summed E-state index contributed by atoms with van der Waals surface area (Å²) in [7, 11) is 1.66. The Morgan fingerprint density at radius 1 is 1.11 bits per heavy atom. The number of aryl methyl sites for hydroxylation is 3. The number of fused-ring (bicyclic) bond motifs is 1. The number of nitrogens with zero attached hydrogens (tertiary/aromatic N) is 1. The van der Waals surface area contributed by atoms with Gasteiger partial charge < -0.3 is 20.5 Å². The smallest absolute Gasteiger partial charge is 0.193 e. The summed E-state index contributed by atoms with van der Waals surface area (Å²) < 4.78 is 10.9. The van der Waals surface area contributed by atoms with Gasteiger partial charge in [0.05, 0.1) is 13.2 Å². The quantitative estimate of drug-likeness (QED) is 0.271. The van der Waals surface area contributed by atoms with Crippen molar-refractivity contribution in [1.82, 2.24) is 0 Å². The minimum absolute atomic E-state index is 0. The molecule has 0 heterocycles. The first-order chi connectivity index (χ1) is 12.7. The van der Waals surface area contributed by atoms with Crippen molar-refractivity contribution in [2.45, 2.75) is 32.7 Å². The van der Waals surface area contributed by atoms with Crippen molar-refractivity contribution in [3.05, 3.63) is 58.7 Å². The lowest BCUT2D eigenvalue weighted by Gasteiger charge is -2.12. The van der Waals surface area contributed by atoms with E-state index in [-0.39, 0.29) is 24.0 Å². The van der Waals surface area contributed by atoms with Crippen LogP contribution < -0.4 is 15.8 Å². The Morgan fingerprint density at radius 2 is 1.93 bits per heavy atom. The van der Waals surface area contributed by atoms with Crippen LogP contribution in [0.15, 0.2) is 41.4 Å². The summed E-state index contributed by atoms with van der Waals surface area (Å²) in [6.45, 7) is 3.57. The molecule has 3 rings (SSSR count). The molecule has 0 unspecified atom stereocenters. The Hall–Kier alpha value is -1.80. The number of nitrogens with one attached hydrogen (secondary N) is 1. The molecule has 0 spiro atoms. The molecule has 1 aliphatic rings. The lowest BCUT2D eigenvalue weighted by atomic mass is 10.1. The van der Waals surface area contributed by atoms with Gasteiger partial charge in [0, 0.05) is 18.4 Å². The first-order valence-corrected chi connectivity index (χ1v) is 9.05. The van der Waals surface area contributed by atoms with Gasteiger partial charge in [0.15, 0.2) is 5.96 Å². The van der Waals surface area contributed by atoms with Crippen LogP contribution in [0.4, 0.5) is 5.69 Å². The molecular weight excluding hydrogens is 453 g/mol. The summed E-state index contributed by atoms with van der Waals surface area (Å²) in [6, 6.07) is 12.5. The maximum absolute atomic E-state index is 6.08. The first kappa shape index (κ1) is 21.5. The van der Waals surface area contributed by atoms with E-state index in [2.05, 4.69) is 34.6 Å². The molecule has 0 amide bonds. The minimum Gasteiger partial charge on any atom is -0.491 e. The molecule has 27 heavy (non-hydrogen) atoms. The van der Waals surface area contributed by atoms with Crippen LogP contribution in [0, 0.1) is 6.92 Å². The van der Waals surface area contributed by atoms with E-state index < -0.39 is 0 Å². The number of nitrogens with two attached hydrogens (primary N) is 1. The van der Waals surface area contributed by atoms with Gasteiger partial charge in [-0.05, 0) is 61.1 Å². The van der Waals surface area contributed by atoms with Gasteiger partial charge in [-0.1, -0.05) is 18.2 Å². The number of methoxy groups -OCH3 is 1. The van der Waals surface area contributed by atoms with Crippen LogP contribution in [0.1, 0.15) is 28.7 Å². The molecule has 0 aliphatic heterocycles. The van der Waals surface area contributed by atoms with Crippen molar-refractivity contribution in [2.75, 3.05) is 25.6 Å². The number of hydrogen-bond acceptors (Lipinski definition) is 3. The van der Waals surface area contributed by atoms with Crippen LogP contribution in [-0.4, -0.2) is 26.3 Å². The summed E-state index contributed by atoms with van der Waals surface area (Å²) in [5.41, 5.74) is 12.1. The lowest BCUT2D eigenvalue weighted by molar-refractivity contribution is 0.146. The fourth-order valence-electron chi connectivity index (χ4n) is 3.17. The number of hydrogen-bond donors (Lipinski definition) is 2. The molecule has 6 heteroatoms. The van der Waals surface area contributed by atoms with Gasteiger partial charge >= 0.3 is 0 Å². The molecule has 0 saturated heterocycles. The average molecular weight is 481 g/mol. The van der Waals surface area contributed by atoms with Crippen molar-refractivity contribution in [3.63, 3.8) is 0 Å². The fraction of sp³-hybridized carbons (Fsp3) is 0.381. The molecule has 0 aromatic heterocycles. The molecule has 0 radical (unpaired) electrons. The van der Waals surface area contributed by atoms with Crippen LogP contribution in [0.25, 0.3) is 0 Å². The summed E-state index contributed by atoms with van der Waals surface area (Å²) in [6.07, 6.45) is 3.56. The molecule has 2 aromatic carbocycles. The van der Waals surface area contributed by atoms with Crippen LogP contribution in [0.5, 0.6) is 5.75 Å². The maximum Gasteiger partial charge on any atom is 0.193 e. The van der Waals surface area contributed by atoms with Crippen molar-refractivity contribution in [1.29, 1.82) is 0 Å². The van der Waals surface area contributed by atoms with Crippen molar-refractivity contribution in [3.8, 4) is 5.75 Å². The molecule has 0 atom stereocenters. The summed E-state index contributed by atoms with van der Waals surface area (Å²) in [5, 5.41) is 3.19. The van der Waals surface area contributed by atoms with Gasteiger partial charge in [-0.15, -0.1) is 24.0 Å². The first-order valence-electron chi connectivity index (χ1n) is 9.05. The Bertz CT molecular complexity index is 793. The molecule has 3 N–H and O–H groups in total. The second-order valence-corrected chi connectivity index (χ2v) is 6.62. The van der Waals surface area contributed by atoms with E-state index in [1.807, 2.05) is 19.1 Å². The average Bonchev–Trinajstić information content (AvgIpc) is 3.09. The highest BCUT2D eigenvalue weighted by Gasteiger charge is 2.11. The third-order valence-corrected chi connectivity index (χ3v) is 4.56. The minimum atomic E-state index is 0. The number of halogens is 1. The SMILES string of the molecule is COCCOc1cc(C)ccc1CN=C(N)Nc1ccc2c(c1)CCC2.I. The number of benzene rings is 2. The van der Waals surface area contributed by atoms with E-state index in [1.165, 1.54) is 24.0 Å². The molecule has 0 fully saturated rings. The van der Waals surface area contributed by atoms with E-state index >= 15 is 0 Å². The van der Waals surface area contributed by atoms with E-state index in [4.69, 9.17) is 15.2 Å². The van der Waals surface area contributed by atoms with E-state index in [1.54, 1.807) is 7.11 Å². The van der Waals surface area contributed by atoms with Gasteiger partial charge in [0.25, 0.3) is 0 Å². The van der Waals surface area contributed by atoms with E-state index in [9.17, 15) is 0 Å². The Kier molecular flexibility index (Phi) is 8.37. The number of aliphatic imine (C=N–C) groups is 1. The maximum atomic E-state index is 6.08. The Morgan fingerprint density at radius 3 is 2.74 bits per heavy atom. The predicted octanol–water partition coefficient (Wildman–Crippen LogP) is 4.05. The normalized spacial score (nSPS) is 13.0. The largest absolute Gasteiger partial charge is 0.491 e. The summed E-state index contributed by atoms with van der Waals surface area (Å²) in [5.74, 6) is 1.24. The summed E-state index contributed by atoms with van der Waals surface area (Å²) in [4.78, 5) is 4.47. The summed E-state index contributed by atoms with van der Waals surface area (Å²) >= 11 is 0. The van der Waals surface area contributed by atoms with Gasteiger partial charge in [-0.25, -0.2) is 4.99 Å². The highest BCUT2D eigenvalue weighted by molar-refractivity contribution is 14.0. The van der Waals surface area contributed by atoms with E-state index in [0.29, 0.717) is 25.7 Å². The third-order valence-electron chi connectivity index (χ3n) is 4.56. The highest BCUT2D eigenvalue weighted by Crippen LogP contribution is 2.25. The van der Waals surface area contributed by atoms with Gasteiger partial charge in [-0.2, -0.15) is 0 Å². The molecule has 0 saturated carbocycles. The number of rotatable bonds is 7. The van der Waals surface area contributed by atoms with Gasteiger partial charge in [0.1, 0.15) is 12.4 Å². The number of ether oxygens (including phenoxy) is 2. The monoisotopic (exact) mass is 481 g/mol. The second-order valence-electron chi connectivity index (χ2n) is 6.62. The van der Waals surface area contributed by atoms with Gasteiger partial charge in [-0.3, -0.25) is 0 Å². The zero-order valence-electron chi connectivity index (χ0n) is 16.0. The second kappa shape index (κ2) is 10.5. The van der Waals surface area contributed by atoms with Gasteiger partial charge in [0.2, 0.25) is 0 Å². The van der Waals surface area contributed by atoms with Crippen molar-refractivity contribution < 1.29 is 9.47 Å². The van der Waals surface area contributed by atoms with Crippen LogP contribution >= 0.6 is 24.0 Å². The molecule has 146 valence electrons. The lowest BCUT2D eigenvalue weighted by Crippen LogP contribution is -2.22.